The van der Waals surface area contributed by atoms with Crippen LogP contribution in [0.5, 0.6) is 0 Å². The molecule has 2 bridgehead atoms. The number of hydrogen-bond acceptors (Lipinski definition) is 2. The van der Waals surface area contributed by atoms with Crippen LogP contribution in [0.25, 0.3) is 0 Å². The Kier molecular flexibility index (Phi) is 1.02. The Morgan fingerprint density at radius 3 is 3.12 bits per heavy atom. The van der Waals surface area contributed by atoms with Gasteiger partial charge in [0, 0.05) is 13.1 Å². The van der Waals surface area contributed by atoms with E-state index in [1.54, 1.807) is 0 Å². The van der Waals surface area contributed by atoms with Gasteiger partial charge in [-0.05, 0) is 12.3 Å². The van der Waals surface area contributed by atoms with E-state index < -0.39 is 0 Å². The number of rotatable bonds is 0. The van der Waals surface area contributed by atoms with E-state index >= 15 is 0 Å². The first-order chi connectivity index (χ1) is 3.95. The molecule has 0 amide bonds. The molecular weight excluding hydrogens is 102 g/mol. The maximum absolute atomic E-state index is 5.41. The standard InChI is InChI=1S/C6H11NO/c1-5-2-7-3-6(1)8-4-5/h5-7H,1-4H2/t5-,6+/m0/s1. The molecule has 0 saturated carbocycles. The summed E-state index contributed by atoms with van der Waals surface area (Å²) >= 11 is 0. The van der Waals surface area contributed by atoms with Gasteiger partial charge in [0.05, 0.1) is 12.7 Å². The molecule has 0 spiro atoms. The van der Waals surface area contributed by atoms with Gasteiger partial charge in [0.25, 0.3) is 0 Å². The summed E-state index contributed by atoms with van der Waals surface area (Å²) < 4.78 is 5.41. The minimum absolute atomic E-state index is 0.550. The average molecular weight is 113 g/mol. The van der Waals surface area contributed by atoms with E-state index in [2.05, 4.69) is 5.32 Å². The van der Waals surface area contributed by atoms with Gasteiger partial charge in [-0.3, -0.25) is 0 Å². The van der Waals surface area contributed by atoms with Gasteiger partial charge >= 0.3 is 0 Å². The molecule has 46 valence electrons. The van der Waals surface area contributed by atoms with Crippen LogP contribution in [-0.2, 0) is 4.74 Å². The first kappa shape index (κ1) is 4.77. The predicted molar refractivity (Wildman–Crippen MR) is 30.7 cm³/mol. The van der Waals surface area contributed by atoms with Crippen molar-refractivity contribution in [1.82, 2.24) is 5.32 Å². The third-order valence-corrected chi connectivity index (χ3v) is 1.97. The van der Waals surface area contributed by atoms with Gasteiger partial charge in [0.15, 0.2) is 0 Å². The molecule has 2 aliphatic rings. The summed E-state index contributed by atoms with van der Waals surface area (Å²) in [6.45, 7) is 3.25. The zero-order chi connectivity index (χ0) is 5.40. The number of piperidine rings is 1. The van der Waals surface area contributed by atoms with Crippen molar-refractivity contribution < 1.29 is 4.74 Å². The Bertz CT molecular complexity index is 80.5. The SMILES string of the molecule is C1NC[C@H]2C[C@@H]1CO2. The second-order valence-corrected chi connectivity index (χ2v) is 2.72. The highest BCUT2D eigenvalue weighted by molar-refractivity contribution is 4.81. The molecule has 2 atom stereocenters. The number of nitrogens with one attached hydrogen (secondary N) is 1. The lowest BCUT2D eigenvalue weighted by Gasteiger charge is -2.16. The fourth-order valence-corrected chi connectivity index (χ4v) is 1.51. The van der Waals surface area contributed by atoms with Gasteiger partial charge < -0.3 is 10.1 Å². The fraction of sp³-hybridized carbons (Fsp3) is 1.00. The Hall–Kier alpha value is -0.0800. The molecule has 2 aliphatic heterocycles. The fourth-order valence-electron chi connectivity index (χ4n) is 1.51. The summed E-state index contributed by atoms with van der Waals surface area (Å²) in [4.78, 5) is 0. The summed E-state index contributed by atoms with van der Waals surface area (Å²) in [5.41, 5.74) is 0. The van der Waals surface area contributed by atoms with Crippen LogP contribution < -0.4 is 5.32 Å². The van der Waals surface area contributed by atoms with Crippen molar-refractivity contribution in [2.45, 2.75) is 12.5 Å². The van der Waals surface area contributed by atoms with Crippen LogP contribution in [0.1, 0.15) is 6.42 Å². The Labute approximate surface area is 49.2 Å². The van der Waals surface area contributed by atoms with Crippen LogP contribution in [0.3, 0.4) is 0 Å². The molecule has 1 N–H and O–H groups in total. The van der Waals surface area contributed by atoms with Crippen molar-refractivity contribution in [2.24, 2.45) is 5.92 Å². The highest BCUT2D eigenvalue weighted by Crippen LogP contribution is 2.21. The molecule has 2 heterocycles. The molecule has 0 unspecified atom stereocenters. The van der Waals surface area contributed by atoms with Crippen molar-refractivity contribution >= 4 is 0 Å². The van der Waals surface area contributed by atoms with Crippen LogP contribution in [0, 0.1) is 5.92 Å². The number of hydrogen-bond donors (Lipinski definition) is 1. The Balaban J connectivity index is 2.03. The molecule has 0 aromatic carbocycles. The molecular formula is C6H11NO. The lowest BCUT2D eigenvalue weighted by Crippen LogP contribution is -2.34. The second-order valence-electron chi connectivity index (χ2n) is 2.72. The second kappa shape index (κ2) is 1.71. The zero-order valence-corrected chi connectivity index (χ0v) is 4.89. The third kappa shape index (κ3) is 0.644. The molecule has 8 heavy (non-hydrogen) atoms. The molecule has 2 nitrogen and oxygen atoms in total. The van der Waals surface area contributed by atoms with Crippen LogP contribution in [0.4, 0.5) is 0 Å². The van der Waals surface area contributed by atoms with E-state index in [0.29, 0.717) is 6.10 Å². The van der Waals surface area contributed by atoms with Gasteiger partial charge in [0.2, 0.25) is 0 Å². The monoisotopic (exact) mass is 113 g/mol. The first-order valence-electron chi connectivity index (χ1n) is 3.27. The van der Waals surface area contributed by atoms with Crippen LogP contribution >= 0.6 is 0 Å². The molecule has 2 fully saturated rings. The Morgan fingerprint density at radius 1 is 1.38 bits per heavy atom. The molecule has 2 heteroatoms. The normalized spacial score (nSPS) is 45.0. The number of fused-ring (bicyclic) bond motifs is 2. The van der Waals surface area contributed by atoms with Gasteiger partial charge in [0.1, 0.15) is 0 Å². The van der Waals surface area contributed by atoms with Crippen molar-refractivity contribution in [2.75, 3.05) is 19.7 Å². The van der Waals surface area contributed by atoms with E-state index in [1.165, 1.54) is 13.0 Å². The number of ether oxygens (including phenoxy) is 1. The maximum atomic E-state index is 5.41. The van der Waals surface area contributed by atoms with E-state index in [4.69, 9.17) is 4.74 Å². The van der Waals surface area contributed by atoms with Gasteiger partial charge in [-0.15, -0.1) is 0 Å². The molecule has 2 saturated heterocycles. The van der Waals surface area contributed by atoms with E-state index in [1.807, 2.05) is 0 Å². The van der Waals surface area contributed by atoms with Gasteiger partial charge in [-0.25, -0.2) is 0 Å². The molecule has 0 aromatic heterocycles. The first-order valence-corrected chi connectivity index (χ1v) is 3.27. The minimum Gasteiger partial charge on any atom is -0.377 e. The molecule has 0 aliphatic carbocycles. The molecule has 0 aromatic rings. The smallest absolute Gasteiger partial charge is 0.0703 e. The summed E-state index contributed by atoms with van der Waals surface area (Å²) in [6, 6.07) is 0. The molecule has 0 radical (unpaired) electrons. The lowest BCUT2D eigenvalue weighted by molar-refractivity contribution is 0.116. The molecule has 2 rings (SSSR count). The largest absolute Gasteiger partial charge is 0.377 e. The van der Waals surface area contributed by atoms with Crippen molar-refractivity contribution in [3.63, 3.8) is 0 Å². The van der Waals surface area contributed by atoms with Crippen molar-refractivity contribution in [3.05, 3.63) is 0 Å². The van der Waals surface area contributed by atoms with E-state index in [0.717, 1.165) is 19.1 Å². The Morgan fingerprint density at radius 2 is 2.38 bits per heavy atom. The third-order valence-electron chi connectivity index (χ3n) is 1.97. The summed E-state index contributed by atoms with van der Waals surface area (Å²) in [5.74, 6) is 0.828. The predicted octanol–water partition coefficient (Wildman–Crippen LogP) is -0.00530. The summed E-state index contributed by atoms with van der Waals surface area (Å²) in [6.07, 6.45) is 1.85. The van der Waals surface area contributed by atoms with Crippen LogP contribution in [-0.4, -0.2) is 25.8 Å². The van der Waals surface area contributed by atoms with Gasteiger partial charge in [-0.2, -0.15) is 0 Å². The minimum atomic E-state index is 0.550. The summed E-state index contributed by atoms with van der Waals surface area (Å²) in [7, 11) is 0. The van der Waals surface area contributed by atoms with Crippen LogP contribution in [0.2, 0.25) is 0 Å². The van der Waals surface area contributed by atoms with Crippen LogP contribution in [0.15, 0.2) is 0 Å². The summed E-state index contributed by atoms with van der Waals surface area (Å²) in [5, 5.41) is 3.32. The maximum Gasteiger partial charge on any atom is 0.0703 e. The van der Waals surface area contributed by atoms with E-state index in [9.17, 15) is 0 Å². The highest BCUT2D eigenvalue weighted by atomic mass is 16.5. The average Bonchev–Trinajstić information content (AvgIpc) is 2.12. The van der Waals surface area contributed by atoms with Crippen molar-refractivity contribution in [3.8, 4) is 0 Å². The zero-order valence-electron chi connectivity index (χ0n) is 4.89. The van der Waals surface area contributed by atoms with Crippen molar-refractivity contribution in [1.29, 1.82) is 0 Å². The van der Waals surface area contributed by atoms with Gasteiger partial charge in [-0.1, -0.05) is 0 Å². The lowest BCUT2D eigenvalue weighted by atomic mass is 10.0. The quantitative estimate of drug-likeness (QED) is 0.477. The highest BCUT2D eigenvalue weighted by Gasteiger charge is 2.28. The van der Waals surface area contributed by atoms with E-state index in [-0.39, 0.29) is 0 Å². The topological polar surface area (TPSA) is 21.3 Å².